The maximum atomic E-state index is 12.8. The largest absolute Gasteiger partial charge is 0.462 e. The standard InChI is InChI=1S/C27H42O5.C26H40O5.C24H36O5.6CH4/c1-4-27(2,3)26(29)32-24-14-18-12-22(24)23(13-18)25(28)31-15-30-6-5-21-19-8-16-7-17(10-19)11-20(21)9-16;1-4-25(2,3)24(28)31-22-10-16-8-20(22)21(9-16)23(27)30-15-29-14-26-11-17-5-18(12-26)7-19(6-17)13-26;1-3-13(2)23(25)29-21-11-16-9-19(21)20(10-16)24(26)28-12-27-22-17-5-14-4-15(7-17)8-18(22)6-14;;;;;;/h16-24H,4-15H2,1-3H3;16-22H,4-15H2,1-3H3;13-22H,3-12H2,1-2H3;6*1H4. The van der Waals surface area contributed by atoms with Crippen molar-refractivity contribution in [3.8, 4) is 0 Å². The van der Waals surface area contributed by atoms with Crippen molar-refractivity contribution in [2.75, 3.05) is 33.6 Å². The molecular formula is C83H142O15. The number of fused-ring (bicyclic) bond motifs is 6. The zero-order valence-corrected chi connectivity index (χ0v) is 57.7. The first-order valence-electron chi connectivity index (χ1n) is 38.0. The van der Waals surface area contributed by atoms with Gasteiger partial charge in [-0.15, -0.1) is 0 Å². The Morgan fingerprint density at radius 1 is 0.408 bits per heavy atom. The molecule has 18 fully saturated rings. The Morgan fingerprint density at radius 2 is 0.755 bits per heavy atom. The SMILES string of the molecule is C.C.C.C.C.C.CCC(C)(C)C(=O)OC1CC2CC(C(=O)OCOCC34CC5CC(CC(C5)C3)C4)C1C2.CCC(C)(C)C(=O)OC1CC2CC(C(=O)OCOCCC3C4CC5CC(C4)CC3C5)C1C2.CCC(C)C(=O)OC1CC2CC(C(=O)OCOC3C4CC5CC(C4)CC3C5)C1C2. The zero-order chi connectivity index (χ0) is 64.4. The second-order valence-corrected chi connectivity index (χ2v) is 35.5. The smallest absolute Gasteiger partial charge is 0.311 e. The van der Waals surface area contributed by atoms with Crippen molar-refractivity contribution in [3.05, 3.63) is 0 Å². The van der Waals surface area contributed by atoms with Crippen LogP contribution in [0.4, 0.5) is 0 Å². The summed E-state index contributed by atoms with van der Waals surface area (Å²) >= 11 is 0. The molecule has 0 saturated heterocycles. The third-order valence-corrected chi connectivity index (χ3v) is 28.6. The van der Waals surface area contributed by atoms with Gasteiger partial charge in [0, 0.05) is 17.8 Å². The highest BCUT2D eigenvalue weighted by Gasteiger charge is 2.57. The summed E-state index contributed by atoms with van der Waals surface area (Å²) in [7, 11) is 0. The van der Waals surface area contributed by atoms with Crippen LogP contribution in [0.1, 0.15) is 286 Å². The first kappa shape index (κ1) is 82.0. The van der Waals surface area contributed by atoms with Crippen LogP contribution in [0.2, 0.25) is 0 Å². The van der Waals surface area contributed by atoms with Gasteiger partial charge in [0.1, 0.15) is 18.3 Å². The summed E-state index contributed by atoms with van der Waals surface area (Å²) in [4.78, 5) is 75.5. The van der Waals surface area contributed by atoms with E-state index in [1.54, 1.807) is 0 Å². The maximum absolute atomic E-state index is 12.8. The molecule has 0 aromatic rings. The Hall–Kier alpha value is -3.30. The Balaban J connectivity index is 0.000000201. The van der Waals surface area contributed by atoms with Crippen LogP contribution in [0.3, 0.4) is 0 Å². The summed E-state index contributed by atoms with van der Waals surface area (Å²) in [5.74, 6) is 11.0. The molecule has 0 amide bonds. The molecular weight excluding hydrogens is 1240 g/mol. The fourth-order valence-electron chi connectivity index (χ4n) is 23.7. The van der Waals surface area contributed by atoms with Gasteiger partial charge in [-0.2, -0.15) is 0 Å². The normalized spacial score (nSPS) is 40.6. The molecule has 0 N–H and O–H groups in total. The van der Waals surface area contributed by atoms with E-state index in [9.17, 15) is 28.8 Å². The van der Waals surface area contributed by atoms with Gasteiger partial charge in [-0.05, 0) is 308 Å². The van der Waals surface area contributed by atoms with Crippen molar-refractivity contribution in [1.82, 2.24) is 0 Å². The molecule has 18 saturated carbocycles. The number of hydrogen-bond donors (Lipinski definition) is 0. The summed E-state index contributed by atoms with van der Waals surface area (Å²) in [6, 6.07) is 0. The molecule has 0 radical (unpaired) electrons. The Kier molecular flexibility index (Phi) is 28.5. The number of carbonyl (C=O) groups is 6. The van der Waals surface area contributed by atoms with E-state index in [4.69, 9.17) is 42.6 Å². The van der Waals surface area contributed by atoms with Gasteiger partial charge in [0.25, 0.3) is 0 Å². The minimum Gasteiger partial charge on any atom is -0.462 e. The van der Waals surface area contributed by atoms with E-state index in [2.05, 4.69) is 0 Å². The first-order valence-corrected chi connectivity index (χ1v) is 38.0. The number of carbonyl (C=O) groups excluding carboxylic acids is 6. The van der Waals surface area contributed by atoms with E-state index in [1.807, 2.05) is 55.4 Å². The van der Waals surface area contributed by atoms with Gasteiger partial charge in [0.05, 0.1) is 53.8 Å². The maximum Gasteiger partial charge on any atom is 0.311 e. The lowest BCUT2D eigenvalue weighted by Crippen LogP contribution is -2.49. The molecule has 18 aliphatic rings. The fraction of sp³-hybridized carbons (Fsp3) is 0.928. The van der Waals surface area contributed by atoms with E-state index in [0.717, 1.165) is 149 Å². The van der Waals surface area contributed by atoms with Crippen molar-refractivity contribution in [2.24, 2.45) is 146 Å². The molecule has 18 bridgehead atoms. The Morgan fingerprint density at radius 3 is 1.13 bits per heavy atom. The number of hydrogen-bond acceptors (Lipinski definition) is 15. The minimum absolute atomic E-state index is 0. The van der Waals surface area contributed by atoms with Crippen LogP contribution in [0.15, 0.2) is 0 Å². The highest BCUT2D eigenvalue weighted by molar-refractivity contribution is 5.78. The van der Waals surface area contributed by atoms with Crippen LogP contribution in [0.25, 0.3) is 0 Å². The summed E-state index contributed by atoms with van der Waals surface area (Å²) < 4.78 is 52.1. The van der Waals surface area contributed by atoms with Crippen LogP contribution in [-0.2, 0) is 71.4 Å². The lowest BCUT2D eigenvalue weighted by molar-refractivity contribution is -0.192. The van der Waals surface area contributed by atoms with Crippen LogP contribution >= 0.6 is 0 Å². The van der Waals surface area contributed by atoms with E-state index in [-0.39, 0.29) is 160 Å². The molecule has 15 nitrogen and oxygen atoms in total. The predicted molar refractivity (Wildman–Crippen MR) is 383 cm³/mol. The van der Waals surface area contributed by atoms with Crippen molar-refractivity contribution in [2.45, 2.75) is 311 Å². The number of esters is 6. The fourth-order valence-corrected chi connectivity index (χ4v) is 23.7. The monoisotopic (exact) mass is 1380 g/mol. The molecule has 18 rings (SSSR count). The second-order valence-electron chi connectivity index (χ2n) is 35.5. The van der Waals surface area contributed by atoms with E-state index >= 15 is 0 Å². The molecule has 18 aliphatic carbocycles. The number of rotatable bonds is 24. The molecule has 0 spiro atoms. The zero-order valence-electron chi connectivity index (χ0n) is 57.7. The van der Waals surface area contributed by atoms with Gasteiger partial charge < -0.3 is 42.6 Å². The van der Waals surface area contributed by atoms with Gasteiger partial charge in [-0.1, -0.05) is 72.3 Å². The average molecular weight is 1380 g/mol. The quantitative estimate of drug-likeness (QED) is 0.0384. The van der Waals surface area contributed by atoms with Crippen molar-refractivity contribution >= 4 is 35.8 Å². The second kappa shape index (κ2) is 34.1. The summed E-state index contributed by atoms with van der Waals surface area (Å²) in [6.07, 6.45) is 33.6. The molecule has 0 aromatic heterocycles. The Bertz CT molecular complexity index is 2540. The van der Waals surface area contributed by atoms with Gasteiger partial charge in [-0.3, -0.25) is 28.8 Å². The third-order valence-electron chi connectivity index (χ3n) is 28.6. The molecule has 0 aliphatic heterocycles. The van der Waals surface area contributed by atoms with Crippen LogP contribution in [0, 0.1) is 146 Å². The molecule has 13 unspecified atom stereocenters. The highest BCUT2D eigenvalue weighted by Crippen LogP contribution is 2.62. The van der Waals surface area contributed by atoms with Crippen LogP contribution in [-0.4, -0.2) is 93.8 Å². The lowest BCUT2D eigenvalue weighted by Gasteiger charge is -2.56. The lowest BCUT2D eigenvalue weighted by atomic mass is 9.50. The molecule has 15 heteroatoms. The van der Waals surface area contributed by atoms with Gasteiger partial charge >= 0.3 is 35.8 Å². The highest BCUT2D eigenvalue weighted by atomic mass is 16.7. The average Bonchev–Trinajstić information content (AvgIpc) is 1.37. The third kappa shape index (κ3) is 17.7. The van der Waals surface area contributed by atoms with E-state index < -0.39 is 10.8 Å². The van der Waals surface area contributed by atoms with Crippen molar-refractivity contribution in [3.63, 3.8) is 0 Å². The molecule has 98 heavy (non-hydrogen) atoms. The van der Waals surface area contributed by atoms with Gasteiger partial charge in [0.15, 0.2) is 20.4 Å². The molecule has 564 valence electrons. The van der Waals surface area contributed by atoms with Crippen LogP contribution < -0.4 is 0 Å². The molecule has 13 atom stereocenters. The summed E-state index contributed by atoms with van der Waals surface area (Å²) in [5, 5.41) is 0. The molecule has 0 heterocycles. The van der Waals surface area contributed by atoms with Crippen LogP contribution in [0.5, 0.6) is 0 Å². The first-order chi connectivity index (χ1) is 44.1. The predicted octanol–water partition coefficient (Wildman–Crippen LogP) is 18.6. The van der Waals surface area contributed by atoms with Gasteiger partial charge in [0.2, 0.25) is 0 Å². The Labute approximate surface area is 595 Å². The van der Waals surface area contributed by atoms with Gasteiger partial charge in [-0.25, -0.2) is 0 Å². The van der Waals surface area contributed by atoms with Crippen molar-refractivity contribution < 1.29 is 71.4 Å². The number of ether oxygens (including phenoxy) is 9. The minimum atomic E-state index is -0.469. The summed E-state index contributed by atoms with van der Waals surface area (Å²) in [5.41, 5.74) is -0.592. The van der Waals surface area contributed by atoms with E-state index in [0.29, 0.717) is 47.7 Å². The summed E-state index contributed by atoms with van der Waals surface area (Å²) in [6.45, 7) is 17.3. The topological polar surface area (TPSA) is 185 Å². The van der Waals surface area contributed by atoms with Crippen molar-refractivity contribution in [1.29, 1.82) is 0 Å². The van der Waals surface area contributed by atoms with E-state index in [1.165, 1.54) is 103 Å². The molecule has 0 aromatic carbocycles.